The van der Waals surface area contributed by atoms with Gasteiger partial charge in [-0.1, -0.05) is 0 Å². The number of anilines is 1. The second-order valence-electron chi connectivity index (χ2n) is 5.80. The van der Waals surface area contributed by atoms with E-state index in [1.54, 1.807) is 18.2 Å². The number of rotatable bonds is 8. The summed E-state index contributed by atoms with van der Waals surface area (Å²) in [4.78, 5) is 12.4. The molecule has 0 spiro atoms. The van der Waals surface area contributed by atoms with Gasteiger partial charge in [0.05, 0.1) is 38.8 Å². The Morgan fingerprint density at radius 3 is 2.68 bits per heavy atom. The first-order valence-corrected chi connectivity index (χ1v) is 9.77. The number of amides is 1. The van der Waals surface area contributed by atoms with E-state index in [-0.39, 0.29) is 19.2 Å². The largest absolute Gasteiger partial charge is 0.497 e. The van der Waals surface area contributed by atoms with E-state index in [4.69, 9.17) is 14.2 Å². The summed E-state index contributed by atoms with van der Waals surface area (Å²) in [5.41, 5.74) is 0.414. The molecule has 1 heterocycles. The number of benzene rings is 1. The Bertz CT molecular complexity index is 701. The summed E-state index contributed by atoms with van der Waals surface area (Å²) in [5, 5.41) is 2.67. The first-order valence-electron chi connectivity index (χ1n) is 7.92. The van der Waals surface area contributed by atoms with Gasteiger partial charge in [0, 0.05) is 19.2 Å². The minimum atomic E-state index is -3.53. The molecule has 1 amide bonds. The normalized spacial score (nSPS) is 17.5. The Kier molecular flexibility index (Phi) is 6.63. The molecule has 1 saturated heterocycles. The molecule has 0 bridgehead atoms. The highest BCUT2D eigenvalue weighted by atomic mass is 32.2. The number of ether oxygens (including phenoxy) is 3. The number of sulfonamides is 1. The summed E-state index contributed by atoms with van der Waals surface area (Å²) in [7, 11) is -0.534. The molecule has 25 heavy (non-hydrogen) atoms. The van der Waals surface area contributed by atoms with Crippen molar-refractivity contribution in [2.75, 3.05) is 45.5 Å². The first kappa shape index (κ1) is 19.5. The summed E-state index contributed by atoms with van der Waals surface area (Å²) >= 11 is 0. The first-order chi connectivity index (χ1) is 11.8. The number of hydrogen-bond donors (Lipinski definition) is 1. The van der Waals surface area contributed by atoms with Gasteiger partial charge in [0.1, 0.15) is 11.5 Å². The molecule has 1 aromatic carbocycles. The van der Waals surface area contributed by atoms with Gasteiger partial charge in [-0.2, -0.15) is 4.31 Å². The molecule has 0 saturated carbocycles. The zero-order chi connectivity index (χ0) is 18.4. The monoisotopic (exact) mass is 372 g/mol. The van der Waals surface area contributed by atoms with Gasteiger partial charge in [-0.3, -0.25) is 4.79 Å². The topological polar surface area (TPSA) is 94.2 Å². The molecule has 1 aliphatic rings. The fourth-order valence-corrected chi connectivity index (χ4v) is 3.38. The van der Waals surface area contributed by atoms with Crippen molar-refractivity contribution in [3.05, 3.63) is 18.2 Å². The maximum atomic E-state index is 12.4. The van der Waals surface area contributed by atoms with Gasteiger partial charge >= 0.3 is 0 Å². The van der Waals surface area contributed by atoms with Crippen LogP contribution in [0, 0.1) is 0 Å². The van der Waals surface area contributed by atoms with E-state index in [2.05, 4.69) is 5.32 Å². The molecule has 8 nitrogen and oxygen atoms in total. The van der Waals surface area contributed by atoms with Crippen LogP contribution in [0.4, 0.5) is 5.69 Å². The lowest BCUT2D eigenvalue weighted by Gasteiger charge is -2.22. The van der Waals surface area contributed by atoms with Gasteiger partial charge < -0.3 is 19.5 Å². The molecule has 1 atom stereocenters. The van der Waals surface area contributed by atoms with Crippen molar-refractivity contribution < 1.29 is 27.4 Å². The van der Waals surface area contributed by atoms with E-state index in [0.29, 0.717) is 23.8 Å². The molecule has 1 fully saturated rings. The number of carbonyl (C=O) groups excluding carboxylic acids is 1. The summed E-state index contributed by atoms with van der Waals surface area (Å²) in [6.07, 6.45) is 2.60. The maximum Gasteiger partial charge on any atom is 0.239 e. The highest BCUT2D eigenvalue weighted by molar-refractivity contribution is 7.88. The highest BCUT2D eigenvalue weighted by Gasteiger charge is 2.26. The molecule has 2 rings (SSSR count). The van der Waals surface area contributed by atoms with Crippen LogP contribution in [0.1, 0.15) is 12.8 Å². The van der Waals surface area contributed by atoms with Crippen LogP contribution >= 0.6 is 0 Å². The van der Waals surface area contributed by atoms with Gasteiger partial charge in [0.2, 0.25) is 15.9 Å². The van der Waals surface area contributed by atoms with E-state index < -0.39 is 15.9 Å². The van der Waals surface area contributed by atoms with Crippen LogP contribution in [-0.2, 0) is 19.6 Å². The zero-order valence-electron chi connectivity index (χ0n) is 14.6. The minimum absolute atomic E-state index is 0.168. The Balaban J connectivity index is 2.08. The van der Waals surface area contributed by atoms with Crippen LogP contribution in [0.25, 0.3) is 0 Å². The van der Waals surface area contributed by atoms with E-state index in [0.717, 1.165) is 23.4 Å². The SMILES string of the molecule is COc1ccc(OC)c(NC(=O)CN(CC2CCCO2)S(C)(=O)=O)c1. The lowest BCUT2D eigenvalue weighted by Crippen LogP contribution is -2.41. The quantitative estimate of drug-likeness (QED) is 0.734. The molecule has 0 aliphatic carbocycles. The molecule has 1 unspecified atom stereocenters. The number of hydrogen-bond acceptors (Lipinski definition) is 6. The van der Waals surface area contributed by atoms with Crippen molar-refractivity contribution in [1.29, 1.82) is 0 Å². The summed E-state index contributed by atoms with van der Waals surface area (Å²) in [5.74, 6) is 0.546. The number of carbonyl (C=O) groups is 1. The maximum absolute atomic E-state index is 12.4. The second-order valence-corrected chi connectivity index (χ2v) is 7.79. The second kappa shape index (κ2) is 8.50. The van der Waals surface area contributed by atoms with Crippen molar-refractivity contribution in [2.45, 2.75) is 18.9 Å². The number of nitrogens with zero attached hydrogens (tertiary/aromatic N) is 1. The number of methoxy groups -OCH3 is 2. The number of nitrogens with one attached hydrogen (secondary N) is 1. The molecule has 0 radical (unpaired) electrons. The average Bonchev–Trinajstić information content (AvgIpc) is 3.06. The van der Waals surface area contributed by atoms with Gasteiger partial charge in [-0.05, 0) is 25.0 Å². The van der Waals surface area contributed by atoms with Crippen LogP contribution in [-0.4, -0.2) is 64.9 Å². The van der Waals surface area contributed by atoms with Crippen LogP contribution in [0.2, 0.25) is 0 Å². The van der Waals surface area contributed by atoms with E-state index in [9.17, 15) is 13.2 Å². The van der Waals surface area contributed by atoms with E-state index in [1.807, 2.05) is 0 Å². The van der Waals surface area contributed by atoms with Crippen molar-refractivity contribution >= 4 is 21.6 Å². The Morgan fingerprint density at radius 2 is 2.12 bits per heavy atom. The third kappa shape index (κ3) is 5.58. The third-order valence-electron chi connectivity index (χ3n) is 3.90. The molecule has 1 N–H and O–H groups in total. The predicted molar refractivity (Wildman–Crippen MR) is 93.6 cm³/mol. The molecular formula is C16H24N2O6S. The zero-order valence-corrected chi connectivity index (χ0v) is 15.5. The smallest absolute Gasteiger partial charge is 0.239 e. The molecule has 9 heteroatoms. The van der Waals surface area contributed by atoms with Crippen molar-refractivity contribution in [2.24, 2.45) is 0 Å². The van der Waals surface area contributed by atoms with Crippen LogP contribution in [0.5, 0.6) is 11.5 Å². The van der Waals surface area contributed by atoms with Gasteiger partial charge in [-0.25, -0.2) is 8.42 Å². The standard InChI is InChI=1S/C16H24N2O6S/c1-22-12-6-7-15(23-2)14(9-12)17-16(19)11-18(25(3,20)21)10-13-5-4-8-24-13/h6-7,9,13H,4-5,8,10-11H2,1-3H3,(H,17,19). The molecule has 1 aliphatic heterocycles. The minimum Gasteiger partial charge on any atom is -0.497 e. The lowest BCUT2D eigenvalue weighted by atomic mass is 10.2. The highest BCUT2D eigenvalue weighted by Crippen LogP contribution is 2.28. The predicted octanol–water partition coefficient (Wildman–Crippen LogP) is 1.08. The average molecular weight is 372 g/mol. The fourth-order valence-electron chi connectivity index (χ4n) is 2.59. The van der Waals surface area contributed by atoms with E-state index in [1.165, 1.54) is 14.2 Å². The fraction of sp³-hybridized carbons (Fsp3) is 0.562. The van der Waals surface area contributed by atoms with Crippen molar-refractivity contribution in [3.8, 4) is 11.5 Å². The molecule has 0 aromatic heterocycles. The van der Waals surface area contributed by atoms with Gasteiger partial charge in [0.25, 0.3) is 0 Å². The van der Waals surface area contributed by atoms with E-state index >= 15 is 0 Å². The van der Waals surface area contributed by atoms with Crippen molar-refractivity contribution in [1.82, 2.24) is 4.31 Å². The van der Waals surface area contributed by atoms with Crippen LogP contribution < -0.4 is 14.8 Å². The lowest BCUT2D eigenvalue weighted by molar-refractivity contribution is -0.116. The Labute approximate surface area is 148 Å². The van der Waals surface area contributed by atoms with Gasteiger partial charge in [-0.15, -0.1) is 0 Å². The van der Waals surface area contributed by atoms with Crippen molar-refractivity contribution in [3.63, 3.8) is 0 Å². The summed E-state index contributed by atoms with van der Waals surface area (Å²) < 4.78 is 40.9. The molecule has 140 valence electrons. The molecule has 1 aromatic rings. The summed E-state index contributed by atoms with van der Waals surface area (Å²) in [6, 6.07) is 4.98. The Hall–Kier alpha value is -1.84. The third-order valence-corrected chi connectivity index (χ3v) is 5.12. The van der Waals surface area contributed by atoms with Gasteiger partial charge in [0.15, 0.2) is 0 Å². The summed E-state index contributed by atoms with van der Waals surface area (Å²) in [6.45, 7) is 0.496. The van der Waals surface area contributed by atoms with Crippen LogP contribution in [0.3, 0.4) is 0 Å². The van der Waals surface area contributed by atoms with Crippen LogP contribution in [0.15, 0.2) is 18.2 Å². The molecular weight excluding hydrogens is 348 g/mol. The Morgan fingerprint density at radius 1 is 1.36 bits per heavy atom.